The lowest BCUT2D eigenvalue weighted by atomic mass is 10.0. The molecule has 4 heteroatoms. The minimum atomic E-state index is -0.921. The Labute approximate surface area is 113 Å². The molecule has 0 unspecified atom stereocenters. The molecule has 0 radical (unpaired) electrons. The summed E-state index contributed by atoms with van der Waals surface area (Å²) in [7, 11) is 1.61. The molecule has 0 bridgehead atoms. The lowest BCUT2D eigenvalue weighted by Crippen LogP contribution is -1.95. The maximum absolute atomic E-state index is 10.8. The zero-order chi connectivity index (χ0) is 13.1. The van der Waals surface area contributed by atoms with E-state index >= 15 is 0 Å². The molecule has 2 aromatic carbocycles. The maximum Gasteiger partial charge on any atom is 0.335 e. The van der Waals surface area contributed by atoms with Gasteiger partial charge in [0.25, 0.3) is 0 Å². The van der Waals surface area contributed by atoms with E-state index in [0.29, 0.717) is 0 Å². The van der Waals surface area contributed by atoms with E-state index in [4.69, 9.17) is 9.84 Å². The molecule has 0 aliphatic heterocycles. The predicted molar refractivity (Wildman–Crippen MR) is 73.1 cm³/mol. The van der Waals surface area contributed by atoms with Crippen molar-refractivity contribution in [2.24, 2.45) is 0 Å². The smallest absolute Gasteiger partial charge is 0.335 e. The van der Waals surface area contributed by atoms with Crippen molar-refractivity contribution in [1.29, 1.82) is 0 Å². The van der Waals surface area contributed by atoms with Gasteiger partial charge in [0.1, 0.15) is 5.75 Å². The number of ether oxygens (including phenoxy) is 1. The van der Waals surface area contributed by atoms with Gasteiger partial charge < -0.3 is 9.84 Å². The maximum atomic E-state index is 10.8. The molecule has 0 heterocycles. The second-order valence-electron chi connectivity index (χ2n) is 3.73. The van der Waals surface area contributed by atoms with E-state index in [1.54, 1.807) is 31.4 Å². The Morgan fingerprint density at radius 2 is 1.72 bits per heavy atom. The summed E-state index contributed by atoms with van der Waals surface area (Å²) in [6.07, 6.45) is 0. The highest BCUT2D eigenvalue weighted by Crippen LogP contribution is 2.30. The summed E-state index contributed by atoms with van der Waals surface area (Å²) in [5.74, 6) is -0.176. The summed E-state index contributed by atoms with van der Waals surface area (Å²) in [5, 5.41) is 8.84. The molecule has 2 aromatic rings. The van der Waals surface area contributed by atoms with Crippen LogP contribution in [0.4, 0.5) is 0 Å². The van der Waals surface area contributed by atoms with Crippen molar-refractivity contribution in [3.63, 3.8) is 0 Å². The number of aromatic carboxylic acids is 1. The van der Waals surface area contributed by atoms with Gasteiger partial charge in [-0.25, -0.2) is 4.79 Å². The van der Waals surface area contributed by atoms with E-state index in [2.05, 4.69) is 15.9 Å². The number of methoxy groups -OCH3 is 1. The number of hydrogen-bond acceptors (Lipinski definition) is 2. The summed E-state index contributed by atoms with van der Waals surface area (Å²) in [4.78, 5) is 10.8. The molecule has 2 rings (SSSR count). The van der Waals surface area contributed by atoms with Crippen molar-refractivity contribution >= 4 is 21.9 Å². The Kier molecular flexibility index (Phi) is 3.67. The summed E-state index contributed by atoms with van der Waals surface area (Å²) in [5.41, 5.74) is 2.21. The largest absolute Gasteiger partial charge is 0.496 e. The highest BCUT2D eigenvalue weighted by atomic mass is 79.9. The molecule has 0 aliphatic rings. The van der Waals surface area contributed by atoms with Gasteiger partial charge in [-0.3, -0.25) is 0 Å². The van der Waals surface area contributed by atoms with Crippen molar-refractivity contribution in [2.75, 3.05) is 7.11 Å². The fraction of sp³-hybridized carbons (Fsp3) is 0.0714. The first-order valence-electron chi connectivity index (χ1n) is 5.29. The standard InChI is InChI=1S/C14H11BrO3/c1-18-13-8-11(6-7-12(13)15)9-2-4-10(5-3-9)14(16)17/h2-8H,1H3,(H,16,17). The Balaban J connectivity index is 2.39. The molecule has 1 N–H and O–H groups in total. The van der Waals surface area contributed by atoms with Crippen molar-refractivity contribution < 1.29 is 14.6 Å². The van der Waals surface area contributed by atoms with Crippen LogP contribution < -0.4 is 4.74 Å². The monoisotopic (exact) mass is 306 g/mol. The van der Waals surface area contributed by atoms with Crippen LogP contribution in [0.5, 0.6) is 5.75 Å². The second-order valence-corrected chi connectivity index (χ2v) is 4.59. The molecule has 3 nitrogen and oxygen atoms in total. The average molecular weight is 307 g/mol. The summed E-state index contributed by atoms with van der Waals surface area (Å²) < 4.78 is 6.11. The van der Waals surface area contributed by atoms with Crippen LogP contribution in [-0.4, -0.2) is 18.2 Å². The van der Waals surface area contributed by atoms with Crippen LogP contribution in [0.2, 0.25) is 0 Å². The van der Waals surface area contributed by atoms with E-state index in [-0.39, 0.29) is 5.56 Å². The third kappa shape index (κ3) is 2.54. The van der Waals surface area contributed by atoms with Crippen LogP contribution in [0, 0.1) is 0 Å². The van der Waals surface area contributed by atoms with E-state index in [1.165, 1.54) is 0 Å². The van der Waals surface area contributed by atoms with Crippen LogP contribution in [0.15, 0.2) is 46.9 Å². The Morgan fingerprint density at radius 3 is 2.28 bits per heavy atom. The number of hydrogen-bond donors (Lipinski definition) is 1. The molecule has 0 atom stereocenters. The Hall–Kier alpha value is -1.81. The van der Waals surface area contributed by atoms with E-state index in [9.17, 15) is 4.79 Å². The van der Waals surface area contributed by atoms with Crippen LogP contribution >= 0.6 is 15.9 Å². The number of benzene rings is 2. The van der Waals surface area contributed by atoms with Crippen molar-refractivity contribution in [3.8, 4) is 16.9 Å². The Bertz CT molecular complexity index is 576. The Morgan fingerprint density at radius 1 is 1.11 bits per heavy atom. The third-order valence-electron chi connectivity index (χ3n) is 2.62. The highest BCUT2D eigenvalue weighted by Gasteiger charge is 2.05. The summed E-state index contributed by atoms with van der Waals surface area (Å²) in [6.45, 7) is 0. The topological polar surface area (TPSA) is 46.5 Å². The van der Waals surface area contributed by atoms with Gasteiger partial charge in [-0.05, 0) is 51.3 Å². The molecule has 0 saturated heterocycles. The second kappa shape index (κ2) is 5.23. The number of halogens is 1. The quantitative estimate of drug-likeness (QED) is 0.937. The van der Waals surface area contributed by atoms with E-state index in [0.717, 1.165) is 21.3 Å². The molecule has 0 saturated carbocycles. The molecular formula is C14H11BrO3. The highest BCUT2D eigenvalue weighted by molar-refractivity contribution is 9.10. The lowest BCUT2D eigenvalue weighted by Gasteiger charge is -2.07. The third-order valence-corrected chi connectivity index (χ3v) is 3.27. The van der Waals surface area contributed by atoms with Gasteiger partial charge in [0.05, 0.1) is 17.1 Å². The zero-order valence-corrected chi connectivity index (χ0v) is 11.3. The number of carbonyl (C=O) groups is 1. The first-order chi connectivity index (χ1) is 8.61. The fourth-order valence-electron chi connectivity index (χ4n) is 1.64. The van der Waals surface area contributed by atoms with Gasteiger partial charge >= 0.3 is 5.97 Å². The van der Waals surface area contributed by atoms with Crippen LogP contribution in [-0.2, 0) is 0 Å². The molecule has 0 fully saturated rings. The predicted octanol–water partition coefficient (Wildman–Crippen LogP) is 3.82. The SMILES string of the molecule is COc1cc(-c2ccc(C(=O)O)cc2)ccc1Br. The van der Waals surface area contributed by atoms with E-state index < -0.39 is 5.97 Å². The van der Waals surface area contributed by atoms with Gasteiger partial charge in [0.15, 0.2) is 0 Å². The molecule has 0 spiro atoms. The average Bonchev–Trinajstić information content (AvgIpc) is 2.39. The molecule has 92 valence electrons. The molecule has 0 aromatic heterocycles. The summed E-state index contributed by atoms with van der Waals surface area (Å²) >= 11 is 3.39. The molecular weight excluding hydrogens is 296 g/mol. The van der Waals surface area contributed by atoms with Gasteiger partial charge in [-0.15, -0.1) is 0 Å². The van der Waals surface area contributed by atoms with Crippen LogP contribution in [0.3, 0.4) is 0 Å². The van der Waals surface area contributed by atoms with Crippen molar-refractivity contribution in [1.82, 2.24) is 0 Å². The normalized spacial score (nSPS) is 10.1. The minimum absolute atomic E-state index is 0.280. The number of carboxylic acids is 1. The minimum Gasteiger partial charge on any atom is -0.496 e. The molecule has 18 heavy (non-hydrogen) atoms. The molecule has 0 aliphatic carbocycles. The fourth-order valence-corrected chi connectivity index (χ4v) is 2.05. The summed E-state index contributed by atoms with van der Waals surface area (Å²) in [6, 6.07) is 12.5. The van der Waals surface area contributed by atoms with Crippen molar-refractivity contribution in [3.05, 3.63) is 52.5 Å². The molecule has 0 amide bonds. The van der Waals surface area contributed by atoms with Crippen molar-refractivity contribution in [2.45, 2.75) is 0 Å². The number of rotatable bonds is 3. The first-order valence-corrected chi connectivity index (χ1v) is 6.08. The van der Waals surface area contributed by atoms with Gasteiger partial charge in [0, 0.05) is 0 Å². The lowest BCUT2D eigenvalue weighted by molar-refractivity contribution is 0.0697. The number of carboxylic acid groups (broad SMARTS) is 1. The van der Waals surface area contributed by atoms with Gasteiger partial charge in [-0.1, -0.05) is 18.2 Å². The van der Waals surface area contributed by atoms with Crippen LogP contribution in [0.25, 0.3) is 11.1 Å². The van der Waals surface area contributed by atoms with Gasteiger partial charge in [0.2, 0.25) is 0 Å². The first kappa shape index (κ1) is 12.6. The van der Waals surface area contributed by atoms with Gasteiger partial charge in [-0.2, -0.15) is 0 Å². The van der Waals surface area contributed by atoms with Crippen LogP contribution in [0.1, 0.15) is 10.4 Å². The zero-order valence-electron chi connectivity index (χ0n) is 9.68. The van der Waals surface area contributed by atoms with E-state index in [1.807, 2.05) is 18.2 Å².